The van der Waals surface area contributed by atoms with Crippen LogP contribution in [0.2, 0.25) is 0 Å². The fourth-order valence-electron chi connectivity index (χ4n) is 1.93. The van der Waals surface area contributed by atoms with E-state index in [9.17, 15) is 4.79 Å². The Morgan fingerprint density at radius 1 is 1.30 bits per heavy atom. The van der Waals surface area contributed by atoms with Gasteiger partial charge in [0.2, 0.25) is 0 Å². The van der Waals surface area contributed by atoms with Crippen molar-refractivity contribution in [3.63, 3.8) is 0 Å². The number of esters is 1. The van der Waals surface area contributed by atoms with E-state index in [-0.39, 0.29) is 18.1 Å². The summed E-state index contributed by atoms with van der Waals surface area (Å²) in [6.07, 6.45) is 2.50. The van der Waals surface area contributed by atoms with Crippen LogP contribution in [0, 0.1) is 0 Å². The summed E-state index contributed by atoms with van der Waals surface area (Å²) in [7, 11) is 1.65. The molecule has 0 spiro atoms. The van der Waals surface area contributed by atoms with Gasteiger partial charge in [0.25, 0.3) is 0 Å². The number of hydrogen-bond acceptors (Lipinski definition) is 4. The maximum atomic E-state index is 11.7. The summed E-state index contributed by atoms with van der Waals surface area (Å²) in [5.41, 5.74) is 2.17. The molecule has 0 saturated carbocycles. The molecule has 2 unspecified atom stereocenters. The van der Waals surface area contributed by atoms with Crippen LogP contribution in [0.4, 0.5) is 0 Å². The van der Waals surface area contributed by atoms with Gasteiger partial charge < -0.3 is 9.47 Å². The number of aryl methyl sites for hydroxylation is 1. The molecule has 0 radical (unpaired) electrons. The fourth-order valence-corrected chi connectivity index (χ4v) is 1.93. The van der Waals surface area contributed by atoms with Crippen LogP contribution < -0.4 is 4.74 Å². The van der Waals surface area contributed by atoms with E-state index in [1.807, 2.05) is 38.1 Å². The number of hydrogen-bond donors (Lipinski definition) is 0. The maximum Gasteiger partial charge on any atom is 0.337 e. The van der Waals surface area contributed by atoms with Crippen molar-refractivity contribution < 1.29 is 14.3 Å². The minimum Gasteiger partial charge on any atom is -0.497 e. The summed E-state index contributed by atoms with van der Waals surface area (Å²) < 4.78 is 10.4. The van der Waals surface area contributed by atoms with E-state index in [2.05, 4.69) is 4.99 Å². The monoisotopic (exact) mass is 275 g/mol. The van der Waals surface area contributed by atoms with Crippen molar-refractivity contribution in [2.45, 2.75) is 45.3 Å². The van der Waals surface area contributed by atoms with Crippen molar-refractivity contribution in [1.82, 2.24) is 0 Å². The molecule has 0 amide bonds. The lowest BCUT2D eigenvalue weighted by atomic mass is 10.1. The SMILES string of the molecule is CCC(C)OC(=O)C1N=C1CCc1ccc(OC)cc1. The number of ether oxygens (including phenoxy) is 2. The highest BCUT2D eigenvalue weighted by atomic mass is 16.5. The predicted octanol–water partition coefficient (Wildman–Crippen LogP) is 2.79. The van der Waals surface area contributed by atoms with Crippen LogP contribution in [0.25, 0.3) is 0 Å². The van der Waals surface area contributed by atoms with E-state index in [1.54, 1.807) is 7.11 Å². The quantitative estimate of drug-likeness (QED) is 0.719. The Balaban J connectivity index is 1.73. The number of carbonyl (C=O) groups excluding carboxylic acids is 1. The molecule has 1 aliphatic heterocycles. The normalized spacial score (nSPS) is 18.1. The molecule has 2 rings (SSSR count). The number of aliphatic imine (C=N–C) groups is 1. The van der Waals surface area contributed by atoms with Crippen LogP contribution in [0.15, 0.2) is 29.3 Å². The molecule has 20 heavy (non-hydrogen) atoms. The summed E-state index contributed by atoms with van der Waals surface area (Å²) in [5.74, 6) is 0.650. The van der Waals surface area contributed by atoms with Gasteiger partial charge in [-0.1, -0.05) is 19.1 Å². The Bertz CT molecular complexity index is 493. The molecule has 4 nitrogen and oxygen atoms in total. The fraction of sp³-hybridized carbons (Fsp3) is 0.500. The first-order chi connectivity index (χ1) is 9.63. The molecule has 0 saturated heterocycles. The molecule has 0 N–H and O–H groups in total. The highest BCUT2D eigenvalue weighted by molar-refractivity contribution is 6.16. The van der Waals surface area contributed by atoms with Crippen molar-refractivity contribution >= 4 is 11.7 Å². The lowest BCUT2D eigenvalue weighted by Gasteiger charge is -2.09. The van der Waals surface area contributed by atoms with Crippen molar-refractivity contribution in [1.29, 1.82) is 0 Å². The van der Waals surface area contributed by atoms with Gasteiger partial charge in [0.05, 0.1) is 18.9 Å². The van der Waals surface area contributed by atoms with E-state index >= 15 is 0 Å². The Hall–Kier alpha value is -1.84. The second-order valence-corrected chi connectivity index (χ2v) is 5.03. The van der Waals surface area contributed by atoms with Gasteiger partial charge in [0.15, 0.2) is 6.04 Å². The summed E-state index contributed by atoms with van der Waals surface area (Å²) >= 11 is 0. The van der Waals surface area contributed by atoms with Crippen molar-refractivity contribution in [3.8, 4) is 5.75 Å². The zero-order valence-corrected chi connectivity index (χ0v) is 12.3. The third-order valence-electron chi connectivity index (χ3n) is 3.49. The standard InChI is InChI=1S/C16H21NO3/c1-4-11(2)20-16(18)15-14(17-15)10-7-12-5-8-13(19-3)9-6-12/h5-6,8-9,11,15H,4,7,10H2,1-3H3. The van der Waals surface area contributed by atoms with Gasteiger partial charge in [-0.3, -0.25) is 4.99 Å². The lowest BCUT2D eigenvalue weighted by molar-refractivity contribution is -0.147. The number of methoxy groups -OCH3 is 1. The smallest absolute Gasteiger partial charge is 0.337 e. The van der Waals surface area contributed by atoms with Crippen LogP contribution in [0.3, 0.4) is 0 Å². The van der Waals surface area contributed by atoms with Gasteiger partial charge in [0.1, 0.15) is 5.75 Å². The maximum absolute atomic E-state index is 11.7. The topological polar surface area (TPSA) is 47.9 Å². The van der Waals surface area contributed by atoms with Crippen LogP contribution in [0.5, 0.6) is 5.75 Å². The lowest BCUT2D eigenvalue weighted by Crippen LogP contribution is -2.21. The molecule has 1 aromatic rings. The Morgan fingerprint density at radius 3 is 2.60 bits per heavy atom. The molecule has 0 aliphatic carbocycles. The summed E-state index contributed by atoms with van der Waals surface area (Å²) in [4.78, 5) is 15.9. The summed E-state index contributed by atoms with van der Waals surface area (Å²) in [5, 5.41) is 0. The summed E-state index contributed by atoms with van der Waals surface area (Å²) in [6, 6.07) is 7.64. The Labute approximate surface area is 119 Å². The van der Waals surface area contributed by atoms with Crippen molar-refractivity contribution in [2.24, 2.45) is 4.99 Å². The van der Waals surface area contributed by atoms with Gasteiger partial charge in [-0.25, -0.2) is 4.79 Å². The Kier molecular flexibility index (Phi) is 4.77. The van der Waals surface area contributed by atoms with Crippen molar-refractivity contribution in [2.75, 3.05) is 7.11 Å². The largest absolute Gasteiger partial charge is 0.497 e. The molecule has 2 atom stereocenters. The highest BCUT2D eigenvalue weighted by Gasteiger charge is 2.36. The van der Waals surface area contributed by atoms with Gasteiger partial charge in [0, 0.05) is 0 Å². The number of benzene rings is 1. The van der Waals surface area contributed by atoms with Gasteiger partial charge in [-0.15, -0.1) is 0 Å². The Morgan fingerprint density at radius 2 is 2.00 bits per heavy atom. The minimum absolute atomic E-state index is 0.0267. The number of rotatable bonds is 7. The molecular formula is C16H21NO3. The molecule has 0 fully saturated rings. The zero-order valence-electron chi connectivity index (χ0n) is 12.3. The molecular weight excluding hydrogens is 254 g/mol. The molecule has 0 bridgehead atoms. The third-order valence-corrected chi connectivity index (χ3v) is 3.49. The minimum atomic E-state index is -0.317. The number of carbonyl (C=O) groups is 1. The zero-order chi connectivity index (χ0) is 14.5. The van der Waals surface area contributed by atoms with Gasteiger partial charge >= 0.3 is 5.97 Å². The van der Waals surface area contributed by atoms with Crippen LogP contribution in [-0.4, -0.2) is 30.9 Å². The first-order valence-electron chi connectivity index (χ1n) is 7.04. The van der Waals surface area contributed by atoms with E-state index < -0.39 is 0 Å². The summed E-state index contributed by atoms with van der Waals surface area (Å²) in [6.45, 7) is 3.90. The van der Waals surface area contributed by atoms with Crippen molar-refractivity contribution in [3.05, 3.63) is 29.8 Å². The van der Waals surface area contributed by atoms with E-state index in [0.29, 0.717) is 0 Å². The highest BCUT2D eigenvalue weighted by Crippen LogP contribution is 2.21. The predicted molar refractivity (Wildman–Crippen MR) is 78.4 cm³/mol. The van der Waals surface area contributed by atoms with Crippen LogP contribution >= 0.6 is 0 Å². The van der Waals surface area contributed by atoms with Gasteiger partial charge in [-0.05, 0) is 43.9 Å². The second-order valence-electron chi connectivity index (χ2n) is 5.03. The van der Waals surface area contributed by atoms with E-state index in [1.165, 1.54) is 5.56 Å². The average molecular weight is 275 g/mol. The van der Waals surface area contributed by atoms with E-state index in [4.69, 9.17) is 9.47 Å². The molecule has 1 aromatic carbocycles. The first kappa shape index (κ1) is 14.6. The molecule has 108 valence electrons. The third kappa shape index (κ3) is 3.83. The first-order valence-corrected chi connectivity index (χ1v) is 7.04. The molecule has 0 aromatic heterocycles. The van der Waals surface area contributed by atoms with E-state index in [0.717, 1.165) is 30.7 Å². The molecule has 1 heterocycles. The molecule has 1 aliphatic rings. The van der Waals surface area contributed by atoms with Crippen LogP contribution in [0.1, 0.15) is 32.3 Å². The average Bonchev–Trinajstić information content (AvgIpc) is 3.25. The number of nitrogens with zero attached hydrogens (tertiary/aromatic N) is 1. The second kappa shape index (κ2) is 6.55. The van der Waals surface area contributed by atoms with Crippen LogP contribution in [-0.2, 0) is 16.0 Å². The van der Waals surface area contributed by atoms with Gasteiger partial charge in [-0.2, -0.15) is 0 Å². The molecule has 4 heteroatoms.